The van der Waals surface area contributed by atoms with Gasteiger partial charge in [0.05, 0.1) is 0 Å². The lowest BCUT2D eigenvalue weighted by Gasteiger charge is -2.28. The minimum atomic E-state index is 0.825. The molecule has 5 atom stereocenters. The number of hydrogen-bond acceptors (Lipinski definition) is 2. The molecule has 1 heterocycles. The van der Waals surface area contributed by atoms with Gasteiger partial charge in [0, 0.05) is 19.3 Å². The van der Waals surface area contributed by atoms with Gasteiger partial charge in [0.15, 0.2) is 0 Å². The van der Waals surface area contributed by atoms with Crippen LogP contribution in [-0.4, -0.2) is 25.8 Å². The maximum atomic E-state index is 5.52. The highest BCUT2D eigenvalue weighted by Crippen LogP contribution is 2.70. The first-order valence-electron chi connectivity index (χ1n) is 8.69. The van der Waals surface area contributed by atoms with Crippen molar-refractivity contribution in [3.63, 3.8) is 0 Å². The van der Waals surface area contributed by atoms with Gasteiger partial charge in [-0.1, -0.05) is 6.92 Å². The Bertz CT molecular complexity index is 309. The van der Waals surface area contributed by atoms with Crippen LogP contribution in [-0.2, 0) is 4.74 Å². The van der Waals surface area contributed by atoms with Gasteiger partial charge in [-0.3, -0.25) is 0 Å². The molecule has 2 bridgehead atoms. The predicted octanol–water partition coefficient (Wildman–Crippen LogP) is 3.07. The van der Waals surface area contributed by atoms with Crippen molar-refractivity contribution >= 4 is 0 Å². The molecule has 3 aliphatic carbocycles. The largest absolute Gasteiger partial charge is 0.381 e. The molecular weight excluding hydrogens is 234 g/mol. The van der Waals surface area contributed by atoms with Crippen LogP contribution >= 0.6 is 0 Å². The van der Waals surface area contributed by atoms with Gasteiger partial charge in [0.2, 0.25) is 0 Å². The molecule has 0 spiro atoms. The van der Waals surface area contributed by atoms with E-state index in [4.69, 9.17) is 4.74 Å². The third kappa shape index (κ3) is 2.15. The van der Waals surface area contributed by atoms with Gasteiger partial charge in [0.1, 0.15) is 0 Å². The first-order valence-corrected chi connectivity index (χ1v) is 8.69. The molecule has 0 amide bonds. The van der Waals surface area contributed by atoms with Crippen molar-refractivity contribution in [1.82, 2.24) is 5.32 Å². The summed E-state index contributed by atoms with van der Waals surface area (Å²) in [6, 6.07) is 0.825. The molecule has 19 heavy (non-hydrogen) atoms. The van der Waals surface area contributed by atoms with Gasteiger partial charge in [-0.2, -0.15) is 0 Å². The van der Waals surface area contributed by atoms with Crippen molar-refractivity contribution in [3.8, 4) is 0 Å². The summed E-state index contributed by atoms with van der Waals surface area (Å²) >= 11 is 0. The van der Waals surface area contributed by atoms with Gasteiger partial charge in [0.25, 0.3) is 0 Å². The number of nitrogens with one attached hydrogen (secondary N) is 1. The molecule has 0 radical (unpaired) electrons. The van der Waals surface area contributed by atoms with Crippen molar-refractivity contribution in [2.45, 2.75) is 51.5 Å². The minimum Gasteiger partial charge on any atom is -0.381 e. The second-order valence-corrected chi connectivity index (χ2v) is 7.52. The van der Waals surface area contributed by atoms with E-state index in [1.54, 1.807) is 19.3 Å². The molecular formula is C17H29NO. The van der Waals surface area contributed by atoms with Crippen LogP contribution < -0.4 is 5.32 Å². The van der Waals surface area contributed by atoms with Crippen molar-refractivity contribution in [2.75, 3.05) is 19.8 Å². The number of fused-ring (bicyclic) bond motifs is 5. The fraction of sp³-hybridized carbons (Fsp3) is 1.00. The summed E-state index contributed by atoms with van der Waals surface area (Å²) in [7, 11) is 0. The summed E-state index contributed by atoms with van der Waals surface area (Å²) < 4.78 is 5.52. The van der Waals surface area contributed by atoms with E-state index < -0.39 is 0 Å². The standard InChI is InChI=1S/C17H29NO/c1-2-18-14(9-11-5-7-19-8-6-11)17-15-12-3-4-13(10-12)16(15)17/h11-18H,2-10H2,1H3. The van der Waals surface area contributed by atoms with E-state index in [9.17, 15) is 0 Å². The third-order valence-corrected chi connectivity index (χ3v) is 6.65. The van der Waals surface area contributed by atoms with E-state index in [-0.39, 0.29) is 0 Å². The van der Waals surface area contributed by atoms with Crippen molar-refractivity contribution in [2.24, 2.45) is 35.5 Å². The Morgan fingerprint density at radius 2 is 1.74 bits per heavy atom. The predicted molar refractivity (Wildman–Crippen MR) is 76.9 cm³/mol. The zero-order valence-corrected chi connectivity index (χ0v) is 12.3. The molecule has 1 aliphatic heterocycles. The molecule has 1 saturated heterocycles. The monoisotopic (exact) mass is 263 g/mol. The molecule has 0 aromatic rings. The highest BCUT2D eigenvalue weighted by atomic mass is 16.5. The summed E-state index contributed by atoms with van der Waals surface area (Å²) in [5.41, 5.74) is 0. The van der Waals surface area contributed by atoms with E-state index in [0.717, 1.165) is 61.3 Å². The van der Waals surface area contributed by atoms with E-state index >= 15 is 0 Å². The summed E-state index contributed by atoms with van der Waals surface area (Å²) in [5.74, 6) is 6.47. The fourth-order valence-electron chi connectivity index (χ4n) is 5.91. The Labute approximate surface area is 117 Å². The van der Waals surface area contributed by atoms with Crippen LogP contribution in [0.1, 0.15) is 45.4 Å². The third-order valence-electron chi connectivity index (χ3n) is 6.65. The number of hydrogen-bond donors (Lipinski definition) is 1. The summed E-state index contributed by atoms with van der Waals surface area (Å²) in [5, 5.41) is 3.85. The number of rotatable bonds is 5. The highest BCUT2D eigenvalue weighted by Gasteiger charge is 2.66. The second-order valence-electron chi connectivity index (χ2n) is 7.52. The summed E-state index contributed by atoms with van der Waals surface area (Å²) in [4.78, 5) is 0. The van der Waals surface area contributed by atoms with E-state index in [1.165, 1.54) is 19.3 Å². The maximum Gasteiger partial charge on any atom is 0.0468 e. The van der Waals surface area contributed by atoms with Crippen LogP contribution in [0.4, 0.5) is 0 Å². The first kappa shape index (κ1) is 12.6. The lowest BCUT2D eigenvalue weighted by Crippen LogP contribution is -2.36. The molecule has 2 nitrogen and oxygen atoms in total. The van der Waals surface area contributed by atoms with Crippen molar-refractivity contribution in [1.29, 1.82) is 0 Å². The molecule has 108 valence electrons. The highest BCUT2D eigenvalue weighted by molar-refractivity contribution is 5.15. The van der Waals surface area contributed by atoms with E-state index in [2.05, 4.69) is 12.2 Å². The van der Waals surface area contributed by atoms with E-state index in [1.807, 2.05) is 0 Å². The molecule has 5 unspecified atom stereocenters. The molecule has 4 rings (SSSR count). The fourth-order valence-corrected chi connectivity index (χ4v) is 5.91. The van der Waals surface area contributed by atoms with Crippen LogP contribution in [0.15, 0.2) is 0 Å². The molecule has 0 aromatic heterocycles. The van der Waals surface area contributed by atoms with Gasteiger partial charge in [-0.15, -0.1) is 0 Å². The second kappa shape index (κ2) is 5.04. The Balaban J connectivity index is 1.39. The number of ether oxygens (including phenoxy) is 1. The van der Waals surface area contributed by atoms with Gasteiger partial charge < -0.3 is 10.1 Å². The first-order chi connectivity index (χ1) is 9.38. The maximum absolute atomic E-state index is 5.52. The van der Waals surface area contributed by atoms with Gasteiger partial charge in [-0.25, -0.2) is 0 Å². The normalized spacial score (nSPS) is 46.3. The average Bonchev–Trinajstić information content (AvgIpc) is 2.87. The Morgan fingerprint density at radius 3 is 2.37 bits per heavy atom. The molecule has 0 aromatic carbocycles. The van der Waals surface area contributed by atoms with Gasteiger partial charge in [-0.05, 0) is 80.6 Å². The Morgan fingerprint density at radius 1 is 1.05 bits per heavy atom. The Kier molecular flexibility index (Phi) is 3.35. The van der Waals surface area contributed by atoms with Crippen LogP contribution in [0.3, 0.4) is 0 Å². The van der Waals surface area contributed by atoms with Crippen LogP contribution in [0.5, 0.6) is 0 Å². The van der Waals surface area contributed by atoms with Crippen LogP contribution in [0, 0.1) is 35.5 Å². The van der Waals surface area contributed by atoms with Crippen LogP contribution in [0.25, 0.3) is 0 Å². The molecule has 4 aliphatic rings. The average molecular weight is 263 g/mol. The van der Waals surface area contributed by atoms with Crippen LogP contribution in [0.2, 0.25) is 0 Å². The topological polar surface area (TPSA) is 21.3 Å². The minimum absolute atomic E-state index is 0.825. The SMILES string of the molecule is CCNC(CC1CCOCC1)C1C2C3CCC(C3)C21. The summed E-state index contributed by atoms with van der Waals surface area (Å²) in [6.45, 7) is 5.45. The zero-order chi connectivity index (χ0) is 12.8. The molecule has 1 N–H and O–H groups in total. The van der Waals surface area contributed by atoms with E-state index in [0.29, 0.717) is 0 Å². The Hall–Kier alpha value is -0.0800. The zero-order valence-electron chi connectivity index (χ0n) is 12.3. The van der Waals surface area contributed by atoms with Crippen molar-refractivity contribution in [3.05, 3.63) is 0 Å². The van der Waals surface area contributed by atoms with Gasteiger partial charge >= 0.3 is 0 Å². The van der Waals surface area contributed by atoms with Crippen molar-refractivity contribution < 1.29 is 4.74 Å². The molecule has 3 saturated carbocycles. The lowest BCUT2D eigenvalue weighted by atomic mass is 9.87. The molecule has 4 fully saturated rings. The smallest absolute Gasteiger partial charge is 0.0468 e. The summed E-state index contributed by atoms with van der Waals surface area (Å²) in [6.07, 6.45) is 8.72. The molecule has 2 heteroatoms. The quantitative estimate of drug-likeness (QED) is 0.823. The lowest BCUT2D eigenvalue weighted by molar-refractivity contribution is 0.0589.